The smallest absolute Gasteiger partial charge is 0.0393 e. The van der Waals surface area contributed by atoms with E-state index in [0.717, 1.165) is 0 Å². The molecule has 2 aromatic rings. The van der Waals surface area contributed by atoms with Crippen molar-refractivity contribution in [3.63, 3.8) is 0 Å². The number of rotatable bonds is 3. The lowest BCUT2D eigenvalue weighted by molar-refractivity contribution is 0.356. The minimum atomic E-state index is 0.0907. The maximum absolute atomic E-state index is 6.72. The highest BCUT2D eigenvalue weighted by molar-refractivity contribution is 5.35. The zero-order valence-corrected chi connectivity index (χ0v) is 12.2. The summed E-state index contributed by atoms with van der Waals surface area (Å²) in [6.45, 7) is 2.12. The average Bonchev–Trinajstić information content (AvgIpc) is 2.99. The Morgan fingerprint density at radius 2 is 1.50 bits per heavy atom. The fourth-order valence-corrected chi connectivity index (χ4v) is 3.65. The van der Waals surface area contributed by atoms with Crippen LogP contribution in [0.3, 0.4) is 0 Å². The van der Waals surface area contributed by atoms with Crippen LogP contribution in [-0.4, -0.2) is 0 Å². The van der Waals surface area contributed by atoms with E-state index in [2.05, 4.69) is 61.5 Å². The molecule has 3 rings (SSSR count). The summed E-state index contributed by atoms with van der Waals surface area (Å²) in [4.78, 5) is 0. The van der Waals surface area contributed by atoms with E-state index in [-0.39, 0.29) is 11.5 Å². The van der Waals surface area contributed by atoms with Gasteiger partial charge in [0.1, 0.15) is 0 Å². The topological polar surface area (TPSA) is 26.0 Å². The van der Waals surface area contributed by atoms with E-state index >= 15 is 0 Å². The van der Waals surface area contributed by atoms with Crippen LogP contribution >= 0.6 is 0 Å². The molecule has 2 N–H and O–H groups in total. The van der Waals surface area contributed by atoms with Crippen molar-refractivity contribution in [3.8, 4) is 0 Å². The van der Waals surface area contributed by atoms with Gasteiger partial charge >= 0.3 is 0 Å². The zero-order valence-electron chi connectivity index (χ0n) is 12.2. The maximum atomic E-state index is 6.72. The van der Waals surface area contributed by atoms with Crippen LogP contribution in [-0.2, 0) is 5.41 Å². The minimum absolute atomic E-state index is 0.0907. The normalized spacial score (nSPS) is 18.9. The van der Waals surface area contributed by atoms with E-state index in [9.17, 15) is 0 Å². The molecule has 1 heteroatoms. The first-order valence-corrected chi connectivity index (χ1v) is 7.60. The second-order valence-corrected chi connectivity index (χ2v) is 6.12. The maximum Gasteiger partial charge on any atom is 0.0393 e. The third-order valence-corrected chi connectivity index (χ3v) is 4.88. The molecule has 1 fully saturated rings. The molecule has 1 aliphatic carbocycles. The van der Waals surface area contributed by atoms with Gasteiger partial charge in [-0.25, -0.2) is 0 Å². The van der Waals surface area contributed by atoms with Gasteiger partial charge in [-0.05, 0) is 30.9 Å². The lowest BCUT2D eigenvalue weighted by atomic mass is 9.71. The van der Waals surface area contributed by atoms with Gasteiger partial charge in [0, 0.05) is 11.5 Å². The fraction of sp³-hybridized carbons (Fsp3) is 0.368. The van der Waals surface area contributed by atoms with Gasteiger partial charge in [-0.1, -0.05) is 73.0 Å². The van der Waals surface area contributed by atoms with Crippen LogP contribution in [0.4, 0.5) is 0 Å². The zero-order chi connectivity index (χ0) is 14.0. The van der Waals surface area contributed by atoms with Gasteiger partial charge in [0.2, 0.25) is 0 Å². The van der Waals surface area contributed by atoms with E-state index in [1.807, 2.05) is 0 Å². The van der Waals surface area contributed by atoms with Crippen LogP contribution in [0.15, 0.2) is 54.6 Å². The van der Waals surface area contributed by atoms with Crippen LogP contribution in [0.5, 0.6) is 0 Å². The lowest BCUT2D eigenvalue weighted by Gasteiger charge is -2.36. The molecule has 20 heavy (non-hydrogen) atoms. The molecule has 0 amide bonds. The molecule has 1 saturated carbocycles. The summed E-state index contributed by atoms with van der Waals surface area (Å²) in [5, 5.41) is 0. The molecule has 0 aliphatic heterocycles. The summed E-state index contributed by atoms with van der Waals surface area (Å²) in [5.41, 5.74) is 10.8. The summed E-state index contributed by atoms with van der Waals surface area (Å²) in [6.07, 6.45) is 4.97. The summed E-state index contributed by atoms with van der Waals surface area (Å²) < 4.78 is 0. The van der Waals surface area contributed by atoms with Gasteiger partial charge in [-0.3, -0.25) is 0 Å². The Morgan fingerprint density at radius 3 is 2.10 bits per heavy atom. The SMILES string of the molecule is Cc1ccc(C(N)C2(c3ccccc3)CCCC2)cc1. The second kappa shape index (κ2) is 5.41. The van der Waals surface area contributed by atoms with Crippen LogP contribution in [0.2, 0.25) is 0 Å². The predicted octanol–water partition coefficient (Wildman–Crippen LogP) is 4.51. The Balaban J connectivity index is 2.00. The van der Waals surface area contributed by atoms with Crippen molar-refractivity contribution in [1.29, 1.82) is 0 Å². The lowest BCUT2D eigenvalue weighted by Crippen LogP contribution is -2.36. The third kappa shape index (κ3) is 2.27. The van der Waals surface area contributed by atoms with Crippen molar-refractivity contribution >= 4 is 0 Å². The van der Waals surface area contributed by atoms with Crippen molar-refractivity contribution in [1.82, 2.24) is 0 Å². The quantitative estimate of drug-likeness (QED) is 0.868. The molecule has 0 heterocycles. The molecule has 1 nitrogen and oxygen atoms in total. The van der Waals surface area contributed by atoms with Crippen molar-refractivity contribution < 1.29 is 0 Å². The first-order chi connectivity index (χ1) is 9.72. The molecular weight excluding hydrogens is 242 g/mol. The molecule has 104 valence electrons. The average molecular weight is 265 g/mol. The summed E-state index contributed by atoms with van der Waals surface area (Å²) in [6, 6.07) is 19.7. The number of hydrogen-bond donors (Lipinski definition) is 1. The van der Waals surface area contributed by atoms with E-state index in [4.69, 9.17) is 5.73 Å². The van der Waals surface area contributed by atoms with Crippen LogP contribution in [0, 0.1) is 6.92 Å². The number of hydrogen-bond acceptors (Lipinski definition) is 1. The molecule has 1 unspecified atom stereocenters. The van der Waals surface area contributed by atoms with E-state index in [1.54, 1.807) is 0 Å². The Bertz CT molecular complexity index is 550. The van der Waals surface area contributed by atoms with Gasteiger partial charge in [0.15, 0.2) is 0 Å². The van der Waals surface area contributed by atoms with Gasteiger partial charge in [-0.15, -0.1) is 0 Å². The second-order valence-electron chi connectivity index (χ2n) is 6.12. The summed E-state index contributed by atoms with van der Waals surface area (Å²) >= 11 is 0. The molecule has 0 aromatic heterocycles. The highest BCUT2D eigenvalue weighted by Gasteiger charge is 2.41. The van der Waals surface area contributed by atoms with Crippen molar-refractivity contribution in [3.05, 3.63) is 71.3 Å². The highest BCUT2D eigenvalue weighted by atomic mass is 14.7. The molecule has 1 atom stereocenters. The molecular formula is C19H23N. The Kier molecular flexibility index (Phi) is 3.62. The van der Waals surface area contributed by atoms with Gasteiger partial charge in [-0.2, -0.15) is 0 Å². The summed E-state index contributed by atoms with van der Waals surface area (Å²) in [5.74, 6) is 0. The Labute approximate surface area is 121 Å². The molecule has 0 radical (unpaired) electrons. The fourth-order valence-electron chi connectivity index (χ4n) is 3.65. The number of benzene rings is 2. The monoisotopic (exact) mass is 265 g/mol. The van der Waals surface area contributed by atoms with E-state index in [0.29, 0.717) is 0 Å². The van der Waals surface area contributed by atoms with Gasteiger partial charge < -0.3 is 5.73 Å². The van der Waals surface area contributed by atoms with Crippen molar-refractivity contribution in [2.45, 2.75) is 44.1 Å². The first kappa shape index (κ1) is 13.4. The molecule has 0 saturated heterocycles. The highest BCUT2D eigenvalue weighted by Crippen LogP contribution is 2.48. The van der Waals surface area contributed by atoms with Gasteiger partial charge in [0.25, 0.3) is 0 Å². The Hall–Kier alpha value is -1.60. The molecule has 0 bridgehead atoms. The van der Waals surface area contributed by atoms with Crippen molar-refractivity contribution in [2.75, 3.05) is 0 Å². The van der Waals surface area contributed by atoms with E-state index < -0.39 is 0 Å². The van der Waals surface area contributed by atoms with Crippen molar-refractivity contribution in [2.24, 2.45) is 5.73 Å². The molecule has 1 aliphatic rings. The van der Waals surface area contributed by atoms with Gasteiger partial charge in [0.05, 0.1) is 0 Å². The first-order valence-electron chi connectivity index (χ1n) is 7.60. The standard InChI is InChI=1S/C19H23N/c1-15-9-11-16(12-10-15)18(20)19(13-5-6-14-19)17-7-3-2-4-8-17/h2-4,7-12,18H,5-6,13-14,20H2,1H3. The van der Waals surface area contributed by atoms with Crippen LogP contribution < -0.4 is 5.73 Å². The third-order valence-electron chi connectivity index (χ3n) is 4.88. The van der Waals surface area contributed by atoms with E-state index in [1.165, 1.54) is 42.4 Å². The van der Waals surface area contributed by atoms with Crippen LogP contribution in [0.25, 0.3) is 0 Å². The number of nitrogens with two attached hydrogens (primary N) is 1. The minimum Gasteiger partial charge on any atom is -0.323 e. The largest absolute Gasteiger partial charge is 0.323 e. The predicted molar refractivity (Wildman–Crippen MR) is 84.7 cm³/mol. The Morgan fingerprint density at radius 1 is 0.900 bits per heavy atom. The van der Waals surface area contributed by atoms with Crippen LogP contribution in [0.1, 0.15) is 48.4 Å². The summed E-state index contributed by atoms with van der Waals surface area (Å²) in [7, 11) is 0. The molecule has 2 aromatic carbocycles. The number of aryl methyl sites for hydroxylation is 1. The molecule has 0 spiro atoms.